The Morgan fingerprint density at radius 1 is 0.961 bits per heavy atom. The van der Waals surface area contributed by atoms with Crippen LogP contribution in [0.25, 0.3) is 11.2 Å². The smallest absolute Gasteiger partial charge is 0.312 e. The lowest BCUT2D eigenvalue weighted by Crippen LogP contribution is -2.56. The molecule has 13 nitrogen and oxygen atoms in total. The Labute approximate surface area is 299 Å². The van der Waals surface area contributed by atoms with E-state index in [1.54, 1.807) is 6.33 Å². The lowest BCUT2D eigenvalue weighted by Gasteiger charge is -2.50. The molecule has 266 valence electrons. The molecule has 7 rings (SSSR count). The molecule has 15 heteroatoms. The summed E-state index contributed by atoms with van der Waals surface area (Å²) in [4.78, 5) is 23.3. The molecule has 2 aliphatic heterocycles. The maximum absolute atomic E-state index is 13.4. The molecule has 2 fully saturated rings. The highest BCUT2D eigenvalue weighted by Crippen LogP contribution is 2.46. The molecule has 0 aliphatic carbocycles. The van der Waals surface area contributed by atoms with Gasteiger partial charge in [0.2, 0.25) is 0 Å². The van der Waals surface area contributed by atoms with Gasteiger partial charge in [-0.05, 0) is 34.8 Å². The third-order valence-corrected chi connectivity index (χ3v) is 11.5. The van der Waals surface area contributed by atoms with Crippen molar-refractivity contribution >= 4 is 30.1 Å². The maximum Gasteiger partial charge on any atom is 0.312 e. The predicted molar refractivity (Wildman–Crippen MR) is 186 cm³/mol. The van der Waals surface area contributed by atoms with Gasteiger partial charge in [-0.1, -0.05) is 91.0 Å². The number of halogens is 1. The summed E-state index contributed by atoms with van der Waals surface area (Å²) in [5.74, 6) is 1.47. The number of aliphatic imine (C=N–C) groups is 1. The summed E-state index contributed by atoms with van der Waals surface area (Å²) in [5, 5.41) is 2.23. The molecule has 0 spiro atoms. The van der Waals surface area contributed by atoms with Gasteiger partial charge in [0.15, 0.2) is 24.3 Å². The minimum atomic E-state index is -3.22. The third-order valence-electron chi connectivity index (χ3n) is 9.59. The highest BCUT2D eigenvalue weighted by atomic mass is 35.6. The standard InChI is InChI=1S/C36H40ClN8O5P/c1-43-21-12-19-31(43)41-34-33-35(39-25-38-34)45(26-40-33)32-24-44(23-30(49-32)20-22-51(2,48)42-50-37(46)47)36(27-13-6-3-7-14-27,28-15-8-4-9-16-28)29-17-10-5-11-18-29/h3-11,13-18,25-26,30,32H,12,19-24H2,1-2H3,(H,42,48)/b41-31+/t30-,32+,51?/m0/s1. The molecule has 51 heavy (non-hydrogen) atoms. The first-order chi connectivity index (χ1) is 24.7. The Kier molecular flexibility index (Phi) is 10.6. The topological polar surface area (TPSA) is 156 Å². The number of morpholine rings is 1. The second-order valence-corrected chi connectivity index (χ2v) is 16.3. The molecule has 1 N–H and O–H groups in total. The van der Waals surface area contributed by atoms with Crippen molar-refractivity contribution in [1.29, 1.82) is 0 Å². The average molecular weight is 731 g/mol. The molecule has 0 saturated carbocycles. The molecule has 5 aromatic rings. The highest BCUT2D eigenvalue weighted by Gasteiger charge is 2.46. The van der Waals surface area contributed by atoms with Crippen molar-refractivity contribution < 1.29 is 33.8 Å². The quantitative estimate of drug-likeness (QED) is 0.114. The number of amidine groups is 1. The lowest BCUT2D eigenvalue weighted by atomic mass is 9.75. The Balaban J connectivity index is 1.34. The zero-order chi connectivity index (χ0) is 35.4. The summed E-state index contributed by atoms with van der Waals surface area (Å²) in [6.45, 7) is 3.31. The number of hydrogen-bond donors (Lipinski definition) is 1. The first-order valence-corrected chi connectivity index (χ1v) is 20.1. The zero-order valence-electron chi connectivity index (χ0n) is 28.4. The number of fused-ring (bicyclic) bond motifs is 1. The van der Waals surface area contributed by atoms with Gasteiger partial charge in [-0.3, -0.25) is 9.47 Å². The minimum absolute atomic E-state index is 0.125. The van der Waals surface area contributed by atoms with Crippen LogP contribution in [0.2, 0.25) is 0 Å². The number of aromatic nitrogens is 4. The minimum Gasteiger partial charge on any atom is -0.363 e. The van der Waals surface area contributed by atoms with Crippen LogP contribution in [-0.2, 0) is 19.2 Å². The van der Waals surface area contributed by atoms with E-state index in [9.17, 15) is 13.9 Å². The normalized spacial score (nSPS) is 20.7. The van der Waals surface area contributed by atoms with Crippen LogP contribution in [0.3, 0.4) is 0 Å². The first-order valence-electron chi connectivity index (χ1n) is 16.8. The monoisotopic (exact) mass is 730 g/mol. The van der Waals surface area contributed by atoms with Crippen molar-refractivity contribution in [3.8, 4) is 0 Å². The van der Waals surface area contributed by atoms with Crippen LogP contribution in [0.1, 0.15) is 42.2 Å². The second kappa shape index (κ2) is 15.3. The van der Waals surface area contributed by atoms with Crippen LogP contribution in [0.4, 0.5) is 5.82 Å². The second-order valence-electron chi connectivity index (χ2n) is 13.0. The zero-order valence-corrected chi connectivity index (χ0v) is 30.1. The number of nitrogens with one attached hydrogen (secondary N) is 1. The number of hydrogen-bond acceptors (Lipinski definition) is 10. The molecule has 1 unspecified atom stereocenters. The van der Waals surface area contributed by atoms with Gasteiger partial charge in [-0.25, -0.2) is 19.9 Å². The van der Waals surface area contributed by atoms with E-state index in [1.807, 2.05) is 29.8 Å². The predicted octanol–water partition coefficient (Wildman–Crippen LogP) is 3.68. The fraction of sp³-hybridized carbons (Fsp3) is 0.333. The van der Waals surface area contributed by atoms with E-state index in [4.69, 9.17) is 14.7 Å². The molecular formula is C36H40ClN8O5P. The van der Waals surface area contributed by atoms with Crippen molar-refractivity contribution in [3.63, 3.8) is 0 Å². The van der Waals surface area contributed by atoms with Crippen molar-refractivity contribution in [2.24, 2.45) is 4.99 Å². The van der Waals surface area contributed by atoms with E-state index in [0.29, 0.717) is 36.5 Å². The molecule has 2 aromatic heterocycles. The molecule has 2 aliphatic rings. The number of ether oxygens (including phenoxy) is 1. The van der Waals surface area contributed by atoms with E-state index in [-0.39, 0.29) is 6.16 Å². The summed E-state index contributed by atoms with van der Waals surface area (Å²) in [6.07, 6.45) is 4.61. The molecule has 0 bridgehead atoms. The van der Waals surface area contributed by atoms with Gasteiger partial charge in [0.25, 0.3) is 0 Å². The molecule has 3 aromatic carbocycles. The number of imidazole rings is 1. The summed E-state index contributed by atoms with van der Waals surface area (Å²) in [5.41, 5.74) is 3.64. The van der Waals surface area contributed by atoms with Gasteiger partial charge in [0.05, 0.1) is 18.0 Å². The number of rotatable bonds is 12. The molecule has 0 radical (unpaired) electrons. The Morgan fingerprint density at radius 3 is 2.16 bits per heavy atom. The van der Waals surface area contributed by atoms with Gasteiger partial charge in [0, 0.05) is 45.9 Å². The SMILES string of the molecule is CN1CCC/C1=N\c1ncnc2c1ncn2[C@H]1CN(C(c2ccccc2)(c2ccccc2)c2ccccc2)C[C@H](CCP(C)(=O)NO[Cl+2]([O-])[O-])O1. The molecule has 4 heterocycles. The average Bonchev–Trinajstić information content (AvgIpc) is 3.78. The maximum atomic E-state index is 13.4. The largest absolute Gasteiger partial charge is 0.363 e. The number of benzene rings is 3. The van der Waals surface area contributed by atoms with Gasteiger partial charge >= 0.3 is 10.8 Å². The fourth-order valence-electron chi connectivity index (χ4n) is 7.22. The van der Waals surface area contributed by atoms with E-state index < -0.39 is 35.9 Å². The Morgan fingerprint density at radius 2 is 1.59 bits per heavy atom. The third kappa shape index (κ3) is 7.48. The first kappa shape index (κ1) is 35.4. The van der Waals surface area contributed by atoms with Crippen molar-refractivity contribution in [2.75, 3.05) is 39.5 Å². The van der Waals surface area contributed by atoms with Crippen LogP contribution >= 0.6 is 7.29 Å². The van der Waals surface area contributed by atoms with Crippen LogP contribution in [0.15, 0.2) is 109 Å². The van der Waals surface area contributed by atoms with E-state index >= 15 is 0 Å². The molecule has 3 atom stereocenters. The van der Waals surface area contributed by atoms with Crippen molar-refractivity contribution in [3.05, 3.63) is 120 Å². The van der Waals surface area contributed by atoms with Crippen molar-refractivity contribution in [1.82, 2.24) is 34.6 Å². The van der Waals surface area contributed by atoms with Crippen LogP contribution in [0.5, 0.6) is 0 Å². The van der Waals surface area contributed by atoms with Gasteiger partial charge in [-0.2, -0.15) is 0 Å². The lowest BCUT2D eigenvalue weighted by molar-refractivity contribution is -1.63. The van der Waals surface area contributed by atoms with Crippen LogP contribution in [0, 0.1) is 10.8 Å². The van der Waals surface area contributed by atoms with Gasteiger partial charge in [0.1, 0.15) is 22.8 Å². The fourth-order valence-corrected chi connectivity index (χ4v) is 8.90. The van der Waals surface area contributed by atoms with Crippen LogP contribution < -0.4 is 14.6 Å². The Bertz CT molecular complexity index is 1910. The summed E-state index contributed by atoms with van der Waals surface area (Å²) < 4.78 is 48.6. The molecular weight excluding hydrogens is 691 g/mol. The Hall–Kier alpha value is -4.04. The van der Waals surface area contributed by atoms with Crippen LogP contribution in [-0.4, -0.2) is 80.8 Å². The van der Waals surface area contributed by atoms with E-state index in [2.05, 4.69) is 102 Å². The molecule has 0 amide bonds. The van der Waals surface area contributed by atoms with E-state index in [1.165, 1.54) is 13.0 Å². The summed E-state index contributed by atoms with van der Waals surface area (Å²) >= 11 is 0. The van der Waals surface area contributed by atoms with E-state index in [0.717, 1.165) is 41.9 Å². The van der Waals surface area contributed by atoms with Gasteiger partial charge in [-0.15, -0.1) is 0 Å². The number of nitrogens with zero attached hydrogens (tertiary/aromatic N) is 7. The van der Waals surface area contributed by atoms with Gasteiger partial charge < -0.3 is 23.5 Å². The summed E-state index contributed by atoms with van der Waals surface area (Å²) in [7, 11) is -3.70. The summed E-state index contributed by atoms with van der Waals surface area (Å²) in [6, 6.07) is 31.2. The molecule has 2 saturated heterocycles. The van der Waals surface area contributed by atoms with Crippen molar-refractivity contribution in [2.45, 2.75) is 37.1 Å². The number of likely N-dealkylation sites (tertiary alicyclic amines) is 1. The highest BCUT2D eigenvalue weighted by molar-refractivity contribution is 7.60.